The minimum atomic E-state index is -1.00. The van der Waals surface area contributed by atoms with E-state index in [-0.39, 0.29) is 13.0 Å². The summed E-state index contributed by atoms with van der Waals surface area (Å²) in [7, 11) is 0. The van der Waals surface area contributed by atoms with Gasteiger partial charge in [-0.1, -0.05) is 23.2 Å². The van der Waals surface area contributed by atoms with Crippen LogP contribution in [0.25, 0.3) is 0 Å². The number of rotatable bonds is 7. The Morgan fingerprint density at radius 3 is 2.78 bits per heavy atom. The van der Waals surface area contributed by atoms with E-state index in [9.17, 15) is 4.79 Å². The molecule has 1 rings (SSSR count). The Balaban J connectivity index is 2.49. The van der Waals surface area contributed by atoms with Crippen LogP contribution in [0.15, 0.2) is 18.2 Å². The van der Waals surface area contributed by atoms with Crippen molar-refractivity contribution in [1.29, 1.82) is 0 Å². The first-order valence-corrected chi connectivity index (χ1v) is 6.22. The van der Waals surface area contributed by atoms with Crippen LogP contribution in [-0.4, -0.2) is 30.4 Å². The molecule has 0 aliphatic rings. The molecule has 1 N–H and O–H groups in total. The molecule has 1 aromatic carbocycles. The van der Waals surface area contributed by atoms with Crippen LogP contribution in [0.5, 0.6) is 5.75 Å². The number of ether oxygens (including phenoxy) is 2. The highest BCUT2D eigenvalue weighted by molar-refractivity contribution is 6.34. The van der Waals surface area contributed by atoms with Gasteiger partial charge in [0.1, 0.15) is 5.75 Å². The molecule has 6 heteroatoms. The molecule has 4 nitrogen and oxygen atoms in total. The first kappa shape index (κ1) is 15.1. The quantitative estimate of drug-likeness (QED) is 0.838. The van der Waals surface area contributed by atoms with Crippen molar-refractivity contribution < 1.29 is 19.4 Å². The zero-order chi connectivity index (χ0) is 13.5. The summed E-state index contributed by atoms with van der Waals surface area (Å²) in [5, 5.41) is 9.81. The molecule has 0 heterocycles. The molecule has 0 aromatic heterocycles. The maximum absolute atomic E-state index is 10.8. The zero-order valence-electron chi connectivity index (χ0n) is 9.86. The fourth-order valence-electron chi connectivity index (χ4n) is 1.34. The van der Waals surface area contributed by atoms with Crippen LogP contribution < -0.4 is 4.74 Å². The highest BCUT2D eigenvalue weighted by Crippen LogP contribution is 2.27. The molecule has 0 spiro atoms. The van der Waals surface area contributed by atoms with E-state index in [4.69, 9.17) is 37.8 Å². The van der Waals surface area contributed by atoms with E-state index in [2.05, 4.69) is 0 Å². The van der Waals surface area contributed by atoms with Crippen molar-refractivity contribution in [3.8, 4) is 5.75 Å². The highest BCUT2D eigenvalue weighted by Gasteiger charge is 2.17. The molecular formula is C12H14Cl2O4. The first-order valence-electron chi connectivity index (χ1n) is 5.46. The van der Waals surface area contributed by atoms with Gasteiger partial charge >= 0.3 is 5.97 Å². The lowest BCUT2D eigenvalue weighted by Crippen LogP contribution is -2.26. The van der Waals surface area contributed by atoms with Crippen LogP contribution in [0.1, 0.15) is 13.3 Å². The molecule has 0 fully saturated rings. The van der Waals surface area contributed by atoms with Crippen LogP contribution in [0, 0.1) is 0 Å². The Morgan fingerprint density at radius 1 is 1.44 bits per heavy atom. The maximum Gasteiger partial charge on any atom is 0.332 e. The Labute approximate surface area is 115 Å². The third-order valence-electron chi connectivity index (χ3n) is 2.17. The number of carboxylic acids is 1. The summed E-state index contributed by atoms with van der Waals surface area (Å²) in [5.41, 5.74) is 0. The topological polar surface area (TPSA) is 55.8 Å². The predicted octanol–water partition coefficient (Wildman–Crippen LogP) is 3.25. The van der Waals surface area contributed by atoms with Crippen molar-refractivity contribution in [1.82, 2.24) is 0 Å². The second-order valence-corrected chi connectivity index (χ2v) is 4.34. The summed E-state index contributed by atoms with van der Waals surface area (Å²) in [4.78, 5) is 10.8. The fraction of sp³-hybridized carbons (Fsp3) is 0.417. The summed E-state index contributed by atoms with van der Waals surface area (Å²) >= 11 is 11.7. The number of hydrogen-bond donors (Lipinski definition) is 1. The van der Waals surface area contributed by atoms with Crippen LogP contribution in [0.4, 0.5) is 0 Å². The van der Waals surface area contributed by atoms with Gasteiger partial charge in [-0.05, 0) is 19.1 Å². The number of halogens is 2. The van der Waals surface area contributed by atoms with E-state index >= 15 is 0 Å². The molecular weight excluding hydrogens is 279 g/mol. The molecule has 0 aliphatic carbocycles. The number of carboxylic acid groups (broad SMARTS) is 1. The Hall–Kier alpha value is -0.970. The SMILES string of the molecule is CCOC(CCOc1cc(Cl)ccc1Cl)C(=O)O. The lowest BCUT2D eigenvalue weighted by atomic mass is 10.2. The van der Waals surface area contributed by atoms with Gasteiger partial charge in [-0.15, -0.1) is 0 Å². The van der Waals surface area contributed by atoms with Crippen molar-refractivity contribution in [3.05, 3.63) is 28.2 Å². The molecule has 0 saturated carbocycles. The molecule has 100 valence electrons. The highest BCUT2D eigenvalue weighted by atomic mass is 35.5. The summed E-state index contributed by atoms with van der Waals surface area (Å²) < 4.78 is 10.4. The van der Waals surface area contributed by atoms with Crippen molar-refractivity contribution >= 4 is 29.2 Å². The molecule has 1 atom stereocenters. The van der Waals surface area contributed by atoms with E-state index in [1.54, 1.807) is 25.1 Å². The number of hydrogen-bond acceptors (Lipinski definition) is 3. The van der Waals surface area contributed by atoms with Crippen LogP contribution in [0.2, 0.25) is 10.0 Å². The normalized spacial score (nSPS) is 12.2. The summed E-state index contributed by atoms with van der Waals surface area (Å²) in [6.45, 7) is 2.27. The summed E-state index contributed by atoms with van der Waals surface area (Å²) in [5.74, 6) is -0.567. The van der Waals surface area contributed by atoms with E-state index in [1.165, 1.54) is 0 Å². The van der Waals surface area contributed by atoms with Crippen LogP contribution in [0.3, 0.4) is 0 Å². The number of carbonyl (C=O) groups is 1. The van der Waals surface area contributed by atoms with E-state index in [0.717, 1.165) is 0 Å². The fourth-order valence-corrected chi connectivity index (χ4v) is 1.68. The summed E-state index contributed by atoms with van der Waals surface area (Å²) in [6.07, 6.45) is -0.626. The van der Waals surface area contributed by atoms with Gasteiger partial charge in [0.25, 0.3) is 0 Å². The summed E-state index contributed by atoms with van der Waals surface area (Å²) in [6, 6.07) is 4.85. The third kappa shape index (κ3) is 4.72. The lowest BCUT2D eigenvalue weighted by molar-refractivity contribution is -0.150. The van der Waals surface area contributed by atoms with Gasteiger partial charge in [0.05, 0.1) is 11.6 Å². The molecule has 0 bridgehead atoms. The largest absolute Gasteiger partial charge is 0.492 e. The Morgan fingerprint density at radius 2 is 2.17 bits per heavy atom. The second-order valence-electron chi connectivity index (χ2n) is 3.49. The van der Waals surface area contributed by atoms with Crippen molar-refractivity contribution in [2.45, 2.75) is 19.4 Å². The molecule has 0 radical (unpaired) electrons. The molecule has 1 unspecified atom stereocenters. The van der Waals surface area contributed by atoms with Gasteiger partial charge in [-0.2, -0.15) is 0 Å². The average Bonchev–Trinajstić information content (AvgIpc) is 2.32. The number of aliphatic carboxylic acids is 1. The molecule has 18 heavy (non-hydrogen) atoms. The second kappa shape index (κ2) is 7.46. The smallest absolute Gasteiger partial charge is 0.332 e. The standard InChI is InChI=1S/C12H14Cl2O4/c1-2-17-10(12(15)16)5-6-18-11-7-8(13)3-4-9(11)14/h3-4,7,10H,2,5-6H2,1H3,(H,15,16). The monoisotopic (exact) mass is 292 g/mol. The van der Waals surface area contributed by atoms with E-state index < -0.39 is 12.1 Å². The lowest BCUT2D eigenvalue weighted by Gasteiger charge is -2.13. The van der Waals surface area contributed by atoms with Crippen molar-refractivity contribution in [2.75, 3.05) is 13.2 Å². The Kier molecular flexibility index (Phi) is 6.25. The van der Waals surface area contributed by atoms with Gasteiger partial charge in [-0.3, -0.25) is 0 Å². The van der Waals surface area contributed by atoms with Gasteiger partial charge < -0.3 is 14.6 Å². The minimum absolute atomic E-state index is 0.191. The Bertz CT molecular complexity index is 409. The average molecular weight is 293 g/mol. The van der Waals surface area contributed by atoms with Crippen molar-refractivity contribution in [2.24, 2.45) is 0 Å². The maximum atomic E-state index is 10.8. The number of benzene rings is 1. The zero-order valence-corrected chi connectivity index (χ0v) is 11.4. The first-order chi connectivity index (χ1) is 8.54. The minimum Gasteiger partial charge on any atom is -0.492 e. The predicted molar refractivity (Wildman–Crippen MR) is 69.6 cm³/mol. The molecule has 0 amide bonds. The third-order valence-corrected chi connectivity index (χ3v) is 2.72. The molecule has 0 aliphatic heterocycles. The van der Waals surface area contributed by atoms with E-state index in [1.807, 2.05) is 0 Å². The van der Waals surface area contributed by atoms with Gasteiger partial charge in [-0.25, -0.2) is 4.79 Å². The van der Waals surface area contributed by atoms with Gasteiger partial charge in [0, 0.05) is 24.1 Å². The van der Waals surface area contributed by atoms with Crippen LogP contribution in [-0.2, 0) is 9.53 Å². The van der Waals surface area contributed by atoms with Crippen LogP contribution >= 0.6 is 23.2 Å². The van der Waals surface area contributed by atoms with Gasteiger partial charge in [0.2, 0.25) is 0 Å². The van der Waals surface area contributed by atoms with Gasteiger partial charge in [0.15, 0.2) is 6.10 Å². The van der Waals surface area contributed by atoms with Crippen molar-refractivity contribution in [3.63, 3.8) is 0 Å². The molecule has 1 aromatic rings. The van der Waals surface area contributed by atoms with E-state index in [0.29, 0.717) is 22.4 Å². The molecule has 0 saturated heterocycles.